The van der Waals surface area contributed by atoms with Crippen molar-refractivity contribution < 1.29 is 13.7 Å². The number of carbonyl (C=O) groups is 1. The Morgan fingerprint density at radius 1 is 1.46 bits per heavy atom. The summed E-state index contributed by atoms with van der Waals surface area (Å²) >= 11 is 0. The molecule has 126 valence electrons. The molecule has 0 radical (unpaired) electrons. The van der Waals surface area contributed by atoms with E-state index in [1.807, 2.05) is 13.8 Å². The normalized spacial score (nSPS) is 12.1. The molecule has 1 aromatic heterocycles. The number of aromatic nitrogens is 1. The second kappa shape index (κ2) is 7.68. The average molecular weight is 329 g/mol. The van der Waals surface area contributed by atoms with Crippen LogP contribution in [0.1, 0.15) is 35.5 Å². The van der Waals surface area contributed by atoms with Gasteiger partial charge in [0.2, 0.25) is 0 Å². The minimum Gasteiger partial charge on any atom is -0.404 e. The molecular formula is C18H20FN3O2. The Balaban J connectivity index is 2.51. The zero-order chi connectivity index (χ0) is 17.7. The second-order valence-electron chi connectivity index (χ2n) is 5.37. The lowest BCUT2D eigenvalue weighted by molar-refractivity contribution is 0.101. The van der Waals surface area contributed by atoms with Crippen molar-refractivity contribution in [2.45, 2.75) is 27.2 Å². The third-order valence-electron chi connectivity index (χ3n) is 3.62. The Labute approximate surface area is 140 Å². The van der Waals surface area contributed by atoms with Crippen LogP contribution in [0.4, 0.5) is 4.39 Å². The van der Waals surface area contributed by atoms with Gasteiger partial charge in [-0.15, -0.1) is 0 Å². The van der Waals surface area contributed by atoms with Crippen LogP contribution in [0.15, 0.2) is 39.5 Å². The first-order valence-corrected chi connectivity index (χ1v) is 7.64. The SMILES string of the molecule is CCN=CC(=CN)Cc1c(C)noc1-c1ccc(F)cc1C(C)=O. The van der Waals surface area contributed by atoms with Gasteiger partial charge in [-0.2, -0.15) is 0 Å². The molecule has 0 aliphatic rings. The van der Waals surface area contributed by atoms with Gasteiger partial charge in [0, 0.05) is 35.9 Å². The Morgan fingerprint density at radius 2 is 2.21 bits per heavy atom. The van der Waals surface area contributed by atoms with Crippen LogP contribution in [0.3, 0.4) is 0 Å². The van der Waals surface area contributed by atoms with Gasteiger partial charge >= 0.3 is 0 Å². The number of Topliss-reactive ketones (excluding diaryl/α,β-unsaturated/α-hetero) is 1. The lowest BCUT2D eigenvalue weighted by Crippen LogP contribution is -2.01. The summed E-state index contributed by atoms with van der Waals surface area (Å²) < 4.78 is 18.9. The standard InChI is InChI=1S/C18H20FN3O2/c1-4-21-10-13(9-20)7-16-11(2)22-24-18(16)15-6-5-14(19)8-17(15)12(3)23/h5-6,8-10H,4,7,20H2,1-3H3. The molecule has 0 unspecified atom stereocenters. The molecule has 5 nitrogen and oxygen atoms in total. The van der Waals surface area contributed by atoms with Crippen LogP contribution in [0.25, 0.3) is 11.3 Å². The summed E-state index contributed by atoms with van der Waals surface area (Å²) in [5.74, 6) is -0.270. The number of hydrogen-bond donors (Lipinski definition) is 1. The summed E-state index contributed by atoms with van der Waals surface area (Å²) in [6.07, 6.45) is 3.64. The molecule has 0 aliphatic carbocycles. The predicted octanol–water partition coefficient (Wildman–Crippen LogP) is 3.47. The fourth-order valence-corrected chi connectivity index (χ4v) is 2.37. The number of nitrogens with zero attached hydrogens (tertiary/aromatic N) is 2. The highest BCUT2D eigenvalue weighted by atomic mass is 19.1. The molecule has 0 saturated carbocycles. The highest BCUT2D eigenvalue weighted by Crippen LogP contribution is 2.31. The van der Waals surface area contributed by atoms with E-state index in [-0.39, 0.29) is 11.3 Å². The molecule has 0 aliphatic heterocycles. The van der Waals surface area contributed by atoms with Crippen LogP contribution in [-0.4, -0.2) is 23.7 Å². The Kier molecular flexibility index (Phi) is 5.63. The van der Waals surface area contributed by atoms with Gasteiger partial charge in [-0.3, -0.25) is 9.79 Å². The molecule has 0 bridgehead atoms. The van der Waals surface area contributed by atoms with Crippen molar-refractivity contribution in [3.8, 4) is 11.3 Å². The van der Waals surface area contributed by atoms with Gasteiger partial charge in [0.25, 0.3) is 0 Å². The van der Waals surface area contributed by atoms with Crippen molar-refractivity contribution >= 4 is 12.0 Å². The molecule has 1 heterocycles. The van der Waals surface area contributed by atoms with E-state index in [0.717, 1.165) is 11.1 Å². The fraction of sp³-hybridized carbons (Fsp3) is 0.278. The molecular weight excluding hydrogens is 309 g/mol. The maximum Gasteiger partial charge on any atom is 0.171 e. The van der Waals surface area contributed by atoms with Crippen LogP contribution in [0.5, 0.6) is 0 Å². The molecule has 0 spiro atoms. The smallest absolute Gasteiger partial charge is 0.171 e. The second-order valence-corrected chi connectivity index (χ2v) is 5.37. The van der Waals surface area contributed by atoms with Gasteiger partial charge < -0.3 is 10.3 Å². The van der Waals surface area contributed by atoms with Crippen LogP contribution in [0.2, 0.25) is 0 Å². The van der Waals surface area contributed by atoms with Crippen LogP contribution in [-0.2, 0) is 6.42 Å². The van der Waals surface area contributed by atoms with E-state index >= 15 is 0 Å². The lowest BCUT2D eigenvalue weighted by Gasteiger charge is -2.07. The number of allylic oxidation sites excluding steroid dienone is 1. The number of nitrogens with two attached hydrogens (primary N) is 1. The van der Waals surface area contributed by atoms with Crippen molar-refractivity contribution in [2.24, 2.45) is 10.7 Å². The summed E-state index contributed by atoms with van der Waals surface area (Å²) in [4.78, 5) is 16.0. The molecule has 6 heteroatoms. The van der Waals surface area contributed by atoms with Gasteiger partial charge in [0.1, 0.15) is 5.82 Å². The van der Waals surface area contributed by atoms with Crippen molar-refractivity contribution in [2.75, 3.05) is 6.54 Å². The molecule has 0 atom stereocenters. The largest absolute Gasteiger partial charge is 0.404 e. The summed E-state index contributed by atoms with van der Waals surface area (Å²) in [6, 6.07) is 4.03. The Morgan fingerprint density at radius 3 is 2.83 bits per heavy atom. The first-order valence-electron chi connectivity index (χ1n) is 7.64. The Bertz CT molecular complexity index is 807. The molecule has 2 aromatic rings. The number of rotatable bonds is 6. The molecule has 0 amide bonds. The number of carbonyl (C=O) groups excluding carboxylic acids is 1. The van der Waals surface area contributed by atoms with E-state index in [4.69, 9.17) is 10.3 Å². The quantitative estimate of drug-likeness (QED) is 0.650. The maximum absolute atomic E-state index is 13.5. The van der Waals surface area contributed by atoms with E-state index < -0.39 is 5.82 Å². The van der Waals surface area contributed by atoms with Crippen LogP contribution in [0, 0.1) is 12.7 Å². The molecule has 0 saturated heterocycles. The van der Waals surface area contributed by atoms with Gasteiger partial charge in [0.15, 0.2) is 11.5 Å². The zero-order valence-electron chi connectivity index (χ0n) is 14.0. The van der Waals surface area contributed by atoms with E-state index in [1.165, 1.54) is 31.3 Å². The van der Waals surface area contributed by atoms with Crippen LogP contribution < -0.4 is 5.73 Å². The topological polar surface area (TPSA) is 81.5 Å². The fourth-order valence-electron chi connectivity index (χ4n) is 2.37. The minimum atomic E-state index is -0.473. The molecule has 24 heavy (non-hydrogen) atoms. The third kappa shape index (κ3) is 3.76. The molecule has 1 aromatic carbocycles. The number of benzene rings is 1. The van der Waals surface area contributed by atoms with Crippen molar-refractivity contribution in [3.05, 3.63) is 52.6 Å². The van der Waals surface area contributed by atoms with Gasteiger partial charge in [-0.1, -0.05) is 5.16 Å². The van der Waals surface area contributed by atoms with Crippen molar-refractivity contribution in [3.63, 3.8) is 0 Å². The summed E-state index contributed by atoms with van der Waals surface area (Å²) in [5, 5.41) is 3.99. The van der Waals surface area contributed by atoms with Crippen molar-refractivity contribution in [1.29, 1.82) is 0 Å². The maximum atomic E-state index is 13.5. The number of aliphatic imine (C=N–C) groups is 1. The number of hydrogen-bond acceptors (Lipinski definition) is 5. The van der Waals surface area contributed by atoms with E-state index in [0.29, 0.717) is 30.0 Å². The minimum absolute atomic E-state index is 0.244. The highest BCUT2D eigenvalue weighted by Gasteiger charge is 2.20. The summed E-state index contributed by atoms with van der Waals surface area (Å²) in [5.41, 5.74) is 8.72. The molecule has 2 rings (SSSR count). The number of aryl methyl sites for hydroxylation is 1. The first-order chi connectivity index (χ1) is 11.5. The van der Waals surface area contributed by atoms with Crippen LogP contribution >= 0.6 is 0 Å². The Hall–Kier alpha value is -2.76. The van der Waals surface area contributed by atoms with E-state index in [2.05, 4.69) is 10.1 Å². The average Bonchev–Trinajstić information content (AvgIpc) is 2.91. The van der Waals surface area contributed by atoms with E-state index in [1.54, 1.807) is 6.21 Å². The third-order valence-corrected chi connectivity index (χ3v) is 3.62. The highest BCUT2D eigenvalue weighted by molar-refractivity contribution is 6.00. The summed E-state index contributed by atoms with van der Waals surface area (Å²) in [7, 11) is 0. The van der Waals surface area contributed by atoms with E-state index in [9.17, 15) is 9.18 Å². The summed E-state index contributed by atoms with van der Waals surface area (Å²) in [6.45, 7) is 5.78. The first kappa shape index (κ1) is 17.6. The number of halogens is 1. The monoisotopic (exact) mass is 329 g/mol. The molecule has 2 N–H and O–H groups in total. The van der Waals surface area contributed by atoms with Gasteiger partial charge in [-0.25, -0.2) is 4.39 Å². The van der Waals surface area contributed by atoms with Gasteiger partial charge in [-0.05, 0) is 50.7 Å². The van der Waals surface area contributed by atoms with Crippen molar-refractivity contribution in [1.82, 2.24) is 5.16 Å². The molecule has 0 fully saturated rings. The zero-order valence-corrected chi connectivity index (χ0v) is 14.0. The lowest BCUT2D eigenvalue weighted by atomic mass is 9.96. The predicted molar refractivity (Wildman–Crippen MR) is 91.6 cm³/mol. The number of ketones is 1. The van der Waals surface area contributed by atoms with Gasteiger partial charge in [0.05, 0.1) is 5.69 Å².